The Bertz CT molecular complexity index is 139. The molecule has 0 aromatic carbocycles. The molecule has 1 aliphatic heterocycles. The van der Waals surface area contributed by atoms with E-state index in [4.69, 9.17) is 18.0 Å². The van der Waals surface area contributed by atoms with Crippen molar-refractivity contribution < 1.29 is 0 Å². The number of thiocarbonyl (C=S) groups is 1. The second kappa shape index (κ2) is 2.51. The van der Waals surface area contributed by atoms with Gasteiger partial charge < -0.3 is 5.73 Å². The Morgan fingerprint density at radius 3 is 2.88 bits per heavy atom. The SMILES string of the molecule is NC(=S)C1=CCCS1. The molecule has 3 heteroatoms. The predicted molar refractivity (Wildman–Crippen MR) is 41.9 cm³/mol. The third-order valence-corrected chi connectivity index (χ3v) is 2.43. The number of allylic oxidation sites excluding steroid dienone is 1. The standard InChI is InChI=1S/C5H7NS2/c6-5(7)4-2-1-3-8-4/h2H,1,3H2,(H2,6,7). The monoisotopic (exact) mass is 145 g/mol. The fourth-order valence-electron chi connectivity index (χ4n) is 0.590. The van der Waals surface area contributed by atoms with Gasteiger partial charge in [0.2, 0.25) is 0 Å². The summed E-state index contributed by atoms with van der Waals surface area (Å²) in [5.74, 6) is 1.15. The molecule has 1 heterocycles. The third-order valence-electron chi connectivity index (χ3n) is 0.948. The first-order valence-corrected chi connectivity index (χ1v) is 3.83. The highest BCUT2D eigenvalue weighted by Gasteiger charge is 2.05. The fourth-order valence-corrected chi connectivity index (χ4v) is 1.68. The summed E-state index contributed by atoms with van der Waals surface area (Å²) in [6.07, 6.45) is 3.21. The second-order valence-electron chi connectivity index (χ2n) is 1.57. The van der Waals surface area contributed by atoms with Crippen LogP contribution in [0.5, 0.6) is 0 Å². The molecule has 0 saturated heterocycles. The second-order valence-corrected chi connectivity index (χ2v) is 3.15. The van der Waals surface area contributed by atoms with Crippen molar-refractivity contribution in [3.63, 3.8) is 0 Å². The quantitative estimate of drug-likeness (QED) is 0.563. The predicted octanol–water partition coefficient (Wildman–Crippen LogP) is 1.29. The van der Waals surface area contributed by atoms with Crippen molar-refractivity contribution in [3.05, 3.63) is 11.0 Å². The van der Waals surface area contributed by atoms with Crippen LogP contribution in [0.3, 0.4) is 0 Å². The first-order valence-electron chi connectivity index (χ1n) is 2.43. The van der Waals surface area contributed by atoms with Crippen molar-refractivity contribution in [2.24, 2.45) is 5.73 Å². The largest absolute Gasteiger partial charge is 0.389 e. The molecule has 0 radical (unpaired) electrons. The topological polar surface area (TPSA) is 26.0 Å². The number of nitrogens with two attached hydrogens (primary N) is 1. The zero-order valence-corrected chi connectivity index (χ0v) is 6.02. The highest BCUT2D eigenvalue weighted by Crippen LogP contribution is 2.24. The van der Waals surface area contributed by atoms with Crippen LogP contribution in [-0.4, -0.2) is 10.7 Å². The van der Waals surface area contributed by atoms with Gasteiger partial charge in [-0.3, -0.25) is 0 Å². The smallest absolute Gasteiger partial charge is 0.110 e. The number of thioether (sulfide) groups is 1. The van der Waals surface area contributed by atoms with Crippen LogP contribution in [0.1, 0.15) is 6.42 Å². The lowest BCUT2D eigenvalue weighted by Crippen LogP contribution is -2.07. The average molecular weight is 145 g/mol. The van der Waals surface area contributed by atoms with Crippen LogP contribution in [0, 0.1) is 0 Å². The molecule has 8 heavy (non-hydrogen) atoms. The summed E-state index contributed by atoms with van der Waals surface area (Å²) in [6, 6.07) is 0. The number of hydrogen-bond donors (Lipinski definition) is 1. The van der Waals surface area contributed by atoms with Crippen LogP contribution in [0.15, 0.2) is 11.0 Å². The molecule has 0 unspecified atom stereocenters. The minimum absolute atomic E-state index is 0.549. The Morgan fingerprint density at radius 1 is 1.88 bits per heavy atom. The summed E-state index contributed by atoms with van der Waals surface area (Å²) >= 11 is 6.49. The van der Waals surface area contributed by atoms with Crippen LogP contribution in [0.25, 0.3) is 0 Å². The molecule has 0 aliphatic carbocycles. The molecular weight excluding hydrogens is 138 g/mol. The van der Waals surface area contributed by atoms with E-state index >= 15 is 0 Å². The minimum Gasteiger partial charge on any atom is -0.389 e. The first-order chi connectivity index (χ1) is 3.80. The molecule has 0 saturated carbocycles. The van der Waals surface area contributed by atoms with Crippen LogP contribution >= 0.6 is 24.0 Å². The van der Waals surface area contributed by atoms with E-state index in [-0.39, 0.29) is 0 Å². The molecule has 0 spiro atoms. The summed E-state index contributed by atoms with van der Waals surface area (Å²) in [7, 11) is 0. The molecule has 1 aliphatic rings. The molecule has 1 rings (SSSR count). The highest BCUT2D eigenvalue weighted by atomic mass is 32.2. The van der Waals surface area contributed by atoms with Gasteiger partial charge in [0.05, 0.1) is 0 Å². The van der Waals surface area contributed by atoms with Gasteiger partial charge in [0.15, 0.2) is 0 Å². The maximum Gasteiger partial charge on any atom is 0.110 e. The molecule has 0 aromatic rings. The molecular formula is C5H7NS2. The maximum absolute atomic E-state index is 5.34. The summed E-state index contributed by atoms with van der Waals surface area (Å²) < 4.78 is 0. The number of hydrogen-bond acceptors (Lipinski definition) is 2. The molecule has 2 N–H and O–H groups in total. The summed E-state index contributed by atoms with van der Waals surface area (Å²) in [4.78, 5) is 1.65. The van der Waals surface area contributed by atoms with Crippen molar-refractivity contribution in [3.8, 4) is 0 Å². The lowest BCUT2D eigenvalue weighted by molar-refractivity contribution is 1.27. The van der Waals surface area contributed by atoms with E-state index < -0.39 is 0 Å². The first kappa shape index (κ1) is 6.11. The molecule has 0 aromatic heterocycles. The summed E-state index contributed by atoms with van der Waals surface area (Å²) in [5, 5.41) is 0. The van der Waals surface area contributed by atoms with Crippen LogP contribution in [0.2, 0.25) is 0 Å². The van der Waals surface area contributed by atoms with Crippen molar-refractivity contribution in [2.45, 2.75) is 6.42 Å². The van der Waals surface area contributed by atoms with Gasteiger partial charge in [-0.1, -0.05) is 18.3 Å². The molecule has 0 fully saturated rings. The van der Waals surface area contributed by atoms with Gasteiger partial charge in [0.1, 0.15) is 4.99 Å². The highest BCUT2D eigenvalue weighted by molar-refractivity contribution is 8.05. The fraction of sp³-hybridized carbons (Fsp3) is 0.400. The Morgan fingerprint density at radius 2 is 2.62 bits per heavy atom. The molecule has 0 amide bonds. The lowest BCUT2D eigenvalue weighted by atomic mass is 10.4. The zero-order chi connectivity index (χ0) is 5.98. The van der Waals surface area contributed by atoms with Gasteiger partial charge in [0.25, 0.3) is 0 Å². The van der Waals surface area contributed by atoms with Crippen LogP contribution in [-0.2, 0) is 0 Å². The normalized spacial score (nSPS) is 18.2. The Balaban J connectivity index is 2.57. The minimum atomic E-state index is 0.549. The van der Waals surface area contributed by atoms with Gasteiger partial charge in [-0.2, -0.15) is 0 Å². The average Bonchev–Trinajstić information content (AvgIpc) is 2.12. The van der Waals surface area contributed by atoms with Crippen LogP contribution < -0.4 is 5.73 Å². The van der Waals surface area contributed by atoms with Gasteiger partial charge in [-0.25, -0.2) is 0 Å². The van der Waals surface area contributed by atoms with E-state index in [1.54, 1.807) is 11.8 Å². The van der Waals surface area contributed by atoms with Crippen molar-refractivity contribution >= 4 is 29.0 Å². The van der Waals surface area contributed by atoms with E-state index in [1.807, 2.05) is 0 Å². The van der Waals surface area contributed by atoms with E-state index in [1.165, 1.54) is 0 Å². The van der Waals surface area contributed by atoms with E-state index in [2.05, 4.69) is 6.08 Å². The summed E-state index contributed by atoms with van der Waals surface area (Å²) in [5.41, 5.74) is 5.34. The number of rotatable bonds is 1. The third kappa shape index (κ3) is 1.23. The van der Waals surface area contributed by atoms with Crippen LogP contribution in [0.4, 0.5) is 0 Å². The van der Waals surface area contributed by atoms with E-state index in [0.29, 0.717) is 4.99 Å². The van der Waals surface area contributed by atoms with E-state index in [0.717, 1.165) is 17.1 Å². The Hall–Kier alpha value is -0.0200. The van der Waals surface area contributed by atoms with Crippen molar-refractivity contribution in [1.29, 1.82) is 0 Å². The lowest BCUT2D eigenvalue weighted by Gasteiger charge is -1.92. The van der Waals surface area contributed by atoms with E-state index in [9.17, 15) is 0 Å². The summed E-state index contributed by atoms with van der Waals surface area (Å²) in [6.45, 7) is 0. The van der Waals surface area contributed by atoms with Gasteiger partial charge in [0, 0.05) is 10.7 Å². The van der Waals surface area contributed by atoms with Gasteiger partial charge in [-0.05, 0) is 6.42 Å². The Kier molecular flexibility index (Phi) is 1.91. The zero-order valence-electron chi connectivity index (χ0n) is 4.39. The Labute approximate surface area is 58.3 Å². The van der Waals surface area contributed by atoms with Crippen molar-refractivity contribution in [2.75, 3.05) is 5.75 Å². The molecule has 44 valence electrons. The molecule has 0 atom stereocenters. The molecule has 0 bridgehead atoms. The molecule has 1 nitrogen and oxygen atoms in total. The van der Waals surface area contributed by atoms with Gasteiger partial charge >= 0.3 is 0 Å². The maximum atomic E-state index is 5.34. The van der Waals surface area contributed by atoms with Gasteiger partial charge in [-0.15, -0.1) is 11.8 Å². The van der Waals surface area contributed by atoms with Crippen molar-refractivity contribution in [1.82, 2.24) is 0 Å².